The first-order valence-electron chi connectivity index (χ1n) is 2.41. The van der Waals surface area contributed by atoms with Crippen LogP contribution < -0.4 is 0 Å². The first-order chi connectivity index (χ1) is 4.00. The summed E-state index contributed by atoms with van der Waals surface area (Å²) in [7, 11) is 0. The van der Waals surface area contributed by atoms with Crippen molar-refractivity contribution in [2.24, 2.45) is 0 Å². The fraction of sp³-hybridized carbons (Fsp3) is 0. The van der Waals surface area contributed by atoms with Crippen LogP contribution in [0.5, 0.6) is 0 Å². The topological polar surface area (TPSA) is 33.5 Å². The van der Waals surface area contributed by atoms with E-state index >= 15 is 0 Å². The SMILES string of the molecule is [NH2-].[Zn]=[Zn].[c-]1ccccc1. The molecule has 2 N–H and O–H groups in total. The maximum atomic E-state index is 2.89. The molecule has 0 bridgehead atoms. The molecule has 1 rings (SSSR count). The fourth-order valence-corrected chi connectivity index (χ4v) is 0.342. The molecule has 3 heteroatoms. The molecule has 0 heterocycles. The van der Waals surface area contributed by atoms with Crippen LogP contribution in [0.1, 0.15) is 0 Å². The summed E-state index contributed by atoms with van der Waals surface area (Å²) in [4.78, 5) is 0. The third-order valence-electron chi connectivity index (χ3n) is 0.607. The van der Waals surface area contributed by atoms with Crippen LogP contribution in [0.2, 0.25) is 0 Å². The maximum absolute atomic E-state index is 2.89. The Bertz CT molecular complexity index is 93.9. The summed E-state index contributed by atoms with van der Waals surface area (Å²) < 4.78 is 0. The average molecular weight is 224 g/mol. The van der Waals surface area contributed by atoms with Gasteiger partial charge in [0.1, 0.15) is 0 Å². The van der Waals surface area contributed by atoms with Crippen LogP contribution in [-0.2, 0) is 30.4 Å². The van der Waals surface area contributed by atoms with Gasteiger partial charge < -0.3 is 6.15 Å². The maximum Gasteiger partial charge on any atom is -0.171 e. The Kier molecular flexibility index (Phi) is 15.2. The quantitative estimate of drug-likeness (QED) is 0.478. The number of hydrogen-bond acceptors (Lipinski definition) is 0. The van der Waals surface area contributed by atoms with Crippen molar-refractivity contribution >= 4 is 0 Å². The Morgan fingerprint density at radius 2 is 1.33 bits per heavy atom. The van der Waals surface area contributed by atoms with Crippen LogP contribution in [0.15, 0.2) is 30.3 Å². The predicted molar refractivity (Wildman–Crippen MR) is 30.6 cm³/mol. The summed E-state index contributed by atoms with van der Waals surface area (Å²) in [5.41, 5.74) is 0. The molecule has 0 spiro atoms. The minimum Gasteiger partial charge on any atom is -0.184 e. The molecule has 0 radical (unpaired) electrons. The van der Waals surface area contributed by atoms with Gasteiger partial charge in [-0.15, -0.1) is 0 Å². The molecule has 42 valence electrons. The zero-order chi connectivity index (χ0) is 6.24. The molecule has 0 fully saturated rings. The Morgan fingerprint density at radius 1 is 0.889 bits per heavy atom. The van der Waals surface area contributed by atoms with Gasteiger partial charge in [0, 0.05) is 0 Å². The number of benzene rings is 1. The van der Waals surface area contributed by atoms with Gasteiger partial charge in [0.15, 0.2) is 0 Å². The Morgan fingerprint density at radius 3 is 1.44 bits per heavy atom. The largest absolute Gasteiger partial charge is 0.184 e. The summed E-state index contributed by atoms with van der Waals surface area (Å²) in [6.45, 7) is 0. The van der Waals surface area contributed by atoms with Crippen molar-refractivity contribution in [2.45, 2.75) is 0 Å². The minimum absolute atomic E-state index is 0. The van der Waals surface area contributed by atoms with Crippen molar-refractivity contribution in [3.05, 3.63) is 42.5 Å². The third-order valence-corrected chi connectivity index (χ3v) is 0.607. The van der Waals surface area contributed by atoms with Gasteiger partial charge in [0.05, 0.1) is 0 Å². The van der Waals surface area contributed by atoms with E-state index in [-0.39, 0.29) is 6.15 Å². The fourth-order valence-electron chi connectivity index (χ4n) is 0.342. The van der Waals surface area contributed by atoms with Crippen LogP contribution in [0, 0.1) is 6.07 Å². The molecule has 1 aromatic rings. The summed E-state index contributed by atoms with van der Waals surface area (Å²) in [5, 5.41) is 0. The van der Waals surface area contributed by atoms with E-state index in [9.17, 15) is 0 Å². The van der Waals surface area contributed by atoms with Crippen molar-refractivity contribution in [3.8, 4) is 0 Å². The van der Waals surface area contributed by atoms with Gasteiger partial charge in [-0.25, -0.2) is 0 Å². The van der Waals surface area contributed by atoms with Crippen molar-refractivity contribution in [2.75, 3.05) is 0 Å². The minimum atomic E-state index is 0. The second-order valence-electron chi connectivity index (χ2n) is 1.08. The molecular formula is C6H7NZn2-2. The Labute approximate surface area is 72.8 Å². The zero-order valence-electron chi connectivity index (χ0n) is 5.38. The zero-order valence-corrected chi connectivity index (χ0v) is 11.3. The van der Waals surface area contributed by atoms with Crippen molar-refractivity contribution in [1.82, 2.24) is 0 Å². The van der Waals surface area contributed by atoms with E-state index in [1.54, 1.807) is 0 Å². The van der Waals surface area contributed by atoms with E-state index in [2.05, 4.69) is 6.07 Å². The molecule has 9 heavy (non-hydrogen) atoms. The van der Waals surface area contributed by atoms with Crippen LogP contribution in [0.4, 0.5) is 0 Å². The van der Waals surface area contributed by atoms with E-state index in [0.717, 1.165) is 0 Å². The molecule has 0 atom stereocenters. The van der Waals surface area contributed by atoms with Crippen LogP contribution in [-0.4, -0.2) is 0 Å². The number of hydrogen-bond donors (Lipinski definition) is 0. The molecule has 0 saturated heterocycles. The molecule has 0 amide bonds. The Hall–Kier alpha value is 0.427. The molecule has 0 aliphatic rings. The second-order valence-corrected chi connectivity index (χ2v) is 1.08. The van der Waals surface area contributed by atoms with Crippen molar-refractivity contribution in [3.63, 3.8) is 0 Å². The van der Waals surface area contributed by atoms with E-state index in [0.29, 0.717) is 0 Å². The van der Waals surface area contributed by atoms with Crippen molar-refractivity contribution < 1.29 is 30.4 Å². The third kappa shape index (κ3) is 8.43. The van der Waals surface area contributed by atoms with Gasteiger partial charge >= 0.3 is 30.4 Å². The van der Waals surface area contributed by atoms with Crippen LogP contribution in [0.3, 0.4) is 0 Å². The molecule has 1 aromatic carbocycles. The number of nitrogens with two attached hydrogens (primary N) is 1. The van der Waals surface area contributed by atoms with Gasteiger partial charge in [0.25, 0.3) is 0 Å². The predicted octanol–water partition coefficient (Wildman–Crippen LogP) is 2.20. The van der Waals surface area contributed by atoms with Gasteiger partial charge in [-0.05, 0) is 0 Å². The van der Waals surface area contributed by atoms with Gasteiger partial charge in [-0.1, -0.05) is 0 Å². The molecule has 0 aromatic heterocycles. The molecule has 0 aliphatic carbocycles. The molecular weight excluding hydrogens is 217 g/mol. The molecule has 1 nitrogen and oxygen atoms in total. The van der Waals surface area contributed by atoms with Gasteiger partial charge in [-0.2, -0.15) is 36.4 Å². The monoisotopic (exact) mass is 221 g/mol. The number of rotatable bonds is 0. The van der Waals surface area contributed by atoms with Crippen LogP contribution in [0.25, 0.3) is 6.15 Å². The second kappa shape index (κ2) is 11.3. The molecule has 0 aliphatic heterocycles. The summed E-state index contributed by atoms with van der Waals surface area (Å²) >= 11 is 3.00. The molecule has 0 saturated carbocycles. The average Bonchev–Trinajstić information content (AvgIpc) is 1.96. The van der Waals surface area contributed by atoms with E-state index in [4.69, 9.17) is 0 Å². The normalized spacial score (nSPS) is 6.22. The summed E-state index contributed by atoms with van der Waals surface area (Å²) in [6.07, 6.45) is 0. The first-order valence-corrected chi connectivity index (χ1v) is 15.4. The summed E-state index contributed by atoms with van der Waals surface area (Å²) in [5.74, 6) is 0. The van der Waals surface area contributed by atoms with E-state index < -0.39 is 0 Å². The smallest absolute Gasteiger partial charge is 0.171 e. The van der Waals surface area contributed by atoms with Crippen molar-refractivity contribution in [1.29, 1.82) is 0 Å². The standard InChI is InChI=1S/C6H5.H2N.2Zn/c1-2-4-6-5-3-1;;;/h1-5H;1H2;;/q2*-1;;. The first kappa shape index (κ1) is 12.1. The van der Waals surface area contributed by atoms with Gasteiger partial charge in [0.2, 0.25) is 0 Å². The summed E-state index contributed by atoms with van der Waals surface area (Å²) in [6, 6.07) is 12.5. The van der Waals surface area contributed by atoms with Crippen LogP contribution >= 0.6 is 0 Å². The van der Waals surface area contributed by atoms with E-state index in [1.165, 1.54) is 30.4 Å². The molecule has 0 unspecified atom stereocenters. The van der Waals surface area contributed by atoms with E-state index in [1.807, 2.05) is 30.3 Å². The van der Waals surface area contributed by atoms with Gasteiger partial charge in [-0.3, -0.25) is 0 Å². The Balaban J connectivity index is 0.